The maximum atomic E-state index is 4.87. The second-order valence-electron chi connectivity index (χ2n) is 6.40. The number of para-hydroxylation sites is 1. The molecular weight excluding hydrogens is 298 g/mol. The Morgan fingerprint density at radius 3 is 2.46 bits per heavy atom. The van der Waals surface area contributed by atoms with Gasteiger partial charge in [0.25, 0.3) is 0 Å². The van der Waals surface area contributed by atoms with E-state index in [0.717, 1.165) is 53.6 Å². The Bertz CT molecular complexity index is 847. The summed E-state index contributed by atoms with van der Waals surface area (Å²) in [6.07, 6.45) is 4.61. The molecule has 3 aromatic rings. The van der Waals surface area contributed by atoms with Gasteiger partial charge in [0.15, 0.2) is 5.65 Å². The summed E-state index contributed by atoms with van der Waals surface area (Å²) in [5.41, 5.74) is 2.96. The van der Waals surface area contributed by atoms with E-state index in [2.05, 4.69) is 30.9 Å². The van der Waals surface area contributed by atoms with E-state index in [4.69, 9.17) is 15.1 Å². The highest BCUT2D eigenvalue weighted by molar-refractivity contribution is 5.91. The van der Waals surface area contributed by atoms with E-state index in [9.17, 15) is 0 Å². The monoisotopic (exact) mass is 321 g/mol. The number of benzene rings is 1. The largest absolute Gasteiger partial charge is 0.356 e. The lowest BCUT2D eigenvalue weighted by Gasteiger charge is -2.28. The second-order valence-corrected chi connectivity index (χ2v) is 6.40. The van der Waals surface area contributed by atoms with Gasteiger partial charge in [-0.05, 0) is 38.3 Å². The third-order valence-electron chi connectivity index (χ3n) is 4.70. The normalized spacial score (nSPS) is 15.2. The number of aryl methyl sites for hydroxylation is 2. The zero-order chi connectivity index (χ0) is 16.5. The maximum Gasteiger partial charge on any atom is 0.168 e. The van der Waals surface area contributed by atoms with Gasteiger partial charge in [-0.15, -0.1) is 0 Å². The van der Waals surface area contributed by atoms with E-state index in [1.165, 1.54) is 19.3 Å². The third kappa shape index (κ3) is 2.54. The fourth-order valence-corrected chi connectivity index (χ4v) is 3.45. The Balaban J connectivity index is 1.95. The number of piperidine rings is 1. The van der Waals surface area contributed by atoms with E-state index >= 15 is 0 Å². The molecule has 1 aliphatic rings. The molecule has 0 amide bonds. The van der Waals surface area contributed by atoms with E-state index in [0.29, 0.717) is 0 Å². The molecule has 0 aliphatic carbocycles. The summed E-state index contributed by atoms with van der Waals surface area (Å²) in [5, 5.41) is 5.87. The molecule has 0 N–H and O–H groups in total. The zero-order valence-corrected chi connectivity index (χ0v) is 14.4. The molecule has 1 fully saturated rings. The van der Waals surface area contributed by atoms with E-state index < -0.39 is 0 Å². The first-order chi connectivity index (χ1) is 11.8. The van der Waals surface area contributed by atoms with Crippen LogP contribution in [0.2, 0.25) is 0 Å². The SMILES string of the molecule is CCc1nc(N2CCCCC2)c2c(C)nn(-c3ccccc3)c2n1. The highest BCUT2D eigenvalue weighted by Crippen LogP contribution is 2.30. The molecular formula is C19H23N5. The van der Waals surface area contributed by atoms with Gasteiger partial charge in [-0.2, -0.15) is 5.10 Å². The number of hydrogen-bond donors (Lipinski definition) is 0. The topological polar surface area (TPSA) is 46.8 Å². The number of anilines is 1. The Kier molecular flexibility index (Phi) is 3.92. The molecule has 1 aromatic carbocycles. The van der Waals surface area contributed by atoms with Gasteiger partial charge in [-0.1, -0.05) is 25.1 Å². The molecule has 4 rings (SSSR count). The minimum Gasteiger partial charge on any atom is -0.356 e. The summed E-state index contributed by atoms with van der Waals surface area (Å²) in [6, 6.07) is 10.2. The first-order valence-electron chi connectivity index (χ1n) is 8.84. The first kappa shape index (κ1) is 15.1. The Morgan fingerprint density at radius 2 is 1.75 bits per heavy atom. The first-order valence-corrected chi connectivity index (χ1v) is 8.84. The lowest BCUT2D eigenvalue weighted by Crippen LogP contribution is -2.30. The van der Waals surface area contributed by atoms with Crippen molar-refractivity contribution in [3.05, 3.63) is 41.9 Å². The van der Waals surface area contributed by atoms with Crippen LogP contribution < -0.4 is 4.90 Å². The minimum atomic E-state index is 0.829. The van der Waals surface area contributed by atoms with Crippen molar-refractivity contribution in [3.8, 4) is 5.69 Å². The van der Waals surface area contributed by atoms with Crippen molar-refractivity contribution in [1.82, 2.24) is 19.7 Å². The summed E-state index contributed by atoms with van der Waals surface area (Å²) in [6.45, 7) is 6.32. The molecule has 0 atom stereocenters. The van der Waals surface area contributed by atoms with Crippen molar-refractivity contribution in [2.45, 2.75) is 39.5 Å². The van der Waals surface area contributed by atoms with Crippen LogP contribution in [0.1, 0.15) is 37.7 Å². The van der Waals surface area contributed by atoms with Crippen LogP contribution >= 0.6 is 0 Å². The third-order valence-corrected chi connectivity index (χ3v) is 4.70. The van der Waals surface area contributed by atoms with Gasteiger partial charge < -0.3 is 4.90 Å². The average molecular weight is 321 g/mol. The Morgan fingerprint density at radius 1 is 1.00 bits per heavy atom. The van der Waals surface area contributed by atoms with Gasteiger partial charge in [-0.25, -0.2) is 14.6 Å². The van der Waals surface area contributed by atoms with Gasteiger partial charge in [0.05, 0.1) is 16.8 Å². The highest BCUT2D eigenvalue weighted by atomic mass is 15.3. The molecule has 5 nitrogen and oxygen atoms in total. The molecule has 24 heavy (non-hydrogen) atoms. The maximum absolute atomic E-state index is 4.87. The van der Waals surface area contributed by atoms with Crippen molar-refractivity contribution < 1.29 is 0 Å². The van der Waals surface area contributed by atoms with Gasteiger partial charge in [0.1, 0.15) is 11.6 Å². The van der Waals surface area contributed by atoms with Gasteiger partial charge in [0, 0.05) is 19.5 Å². The number of fused-ring (bicyclic) bond motifs is 1. The van der Waals surface area contributed by atoms with Crippen LogP contribution in [0.3, 0.4) is 0 Å². The summed E-state index contributed by atoms with van der Waals surface area (Å²) in [7, 11) is 0. The molecule has 124 valence electrons. The van der Waals surface area contributed by atoms with Crippen molar-refractivity contribution in [1.29, 1.82) is 0 Å². The van der Waals surface area contributed by atoms with Gasteiger partial charge in [0.2, 0.25) is 0 Å². The Hall–Kier alpha value is -2.43. The molecule has 0 saturated carbocycles. The molecule has 0 bridgehead atoms. The molecule has 1 saturated heterocycles. The molecule has 3 heterocycles. The Labute approximate surface area is 142 Å². The summed E-state index contributed by atoms with van der Waals surface area (Å²) in [4.78, 5) is 12.1. The van der Waals surface area contributed by atoms with Crippen molar-refractivity contribution in [2.24, 2.45) is 0 Å². The predicted molar refractivity (Wildman–Crippen MR) is 96.8 cm³/mol. The number of aromatic nitrogens is 4. The highest BCUT2D eigenvalue weighted by Gasteiger charge is 2.22. The molecule has 0 spiro atoms. The minimum absolute atomic E-state index is 0.829. The van der Waals surface area contributed by atoms with Crippen molar-refractivity contribution >= 4 is 16.9 Å². The van der Waals surface area contributed by atoms with Crippen molar-refractivity contribution in [3.63, 3.8) is 0 Å². The molecule has 2 aromatic heterocycles. The number of nitrogens with zero attached hydrogens (tertiary/aromatic N) is 5. The van der Waals surface area contributed by atoms with E-state index in [-0.39, 0.29) is 0 Å². The lowest BCUT2D eigenvalue weighted by molar-refractivity contribution is 0.573. The zero-order valence-electron chi connectivity index (χ0n) is 14.4. The van der Waals surface area contributed by atoms with Crippen LogP contribution in [0.15, 0.2) is 30.3 Å². The van der Waals surface area contributed by atoms with Gasteiger partial charge >= 0.3 is 0 Å². The van der Waals surface area contributed by atoms with Crippen LogP contribution in [0.4, 0.5) is 5.82 Å². The smallest absolute Gasteiger partial charge is 0.168 e. The summed E-state index contributed by atoms with van der Waals surface area (Å²) >= 11 is 0. The molecule has 0 radical (unpaired) electrons. The van der Waals surface area contributed by atoms with E-state index in [1.54, 1.807) is 0 Å². The lowest BCUT2D eigenvalue weighted by atomic mass is 10.1. The van der Waals surface area contributed by atoms with Crippen LogP contribution in [0.25, 0.3) is 16.7 Å². The second kappa shape index (κ2) is 6.23. The number of hydrogen-bond acceptors (Lipinski definition) is 4. The molecule has 1 aliphatic heterocycles. The van der Waals surface area contributed by atoms with Crippen LogP contribution in [-0.4, -0.2) is 32.8 Å². The van der Waals surface area contributed by atoms with Crippen molar-refractivity contribution in [2.75, 3.05) is 18.0 Å². The summed E-state index contributed by atoms with van der Waals surface area (Å²) in [5.74, 6) is 1.95. The van der Waals surface area contributed by atoms with E-state index in [1.807, 2.05) is 22.9 Å². The standard InChI is InChI=1S/C19H23N5/c1-3-16-20-18(23-12-8-5-9-13-23)17-14(2)22-24(19(17)21-16)15-10-6-4-7-11-15/h4,6-7,10-11H,3,5,8-9,12-13H2,1-2H3. The van der Waals surface area contributed by atoms with Gasteiger partial charge in [-0.3, -0.25) is 0 Å². The molecule has 0 unspecified atom stereocenters. The summed E-state index contributed by atoms with van der Waals surface area (Å²) < 4.78 is 1.96. The fraction of sp³-hybridized carbons (Fsp3) is 0.421. The fourth-order valence-electron chi connectivity index (χ4n) is 3.45. The quantitative estimate of drug-likeness (QED) is 0.738. The predicted octanol–water partition coefficient (Wildman–Crippen LogP) is 3.68. The average Bonchev–Trinajstić information content (AvgIpc) is 2.99. The number of rotatable bonds is 3. The van der Waals surface area contributed by atoms with Crippen LogP contribution in [0, 0.1) is 6.92 Å². The van der Waals surface area contributed by atoms with Crippen LogP contribution in [0.5, 0.6) is 0 Å². The van der Waals surface area contributed by atoms with Crippen LogP contribution in [-0.2, 0) is 6.42 Å². The molecule has 5 heteroatoms.